The summed E-state index contributed by atoms with van der Waals surface area (Å²) in [5, 5.41) is 2.07. The van der Waals surface area contributed by atoms with E-state index in [1.165, 1.54) is 42.6 Å². The van der Waals surface area contributed by atoms with E-state index in [1.807, 2.05) is 0 Å². The van der Waals surface area contributed by atoms with E-state index in [0.29, 0.717) is 6.20 Å². The van der Waals surface area contributed by atoms with Crippen LogP contribution in [0, 0.1) is 5.82 Å². The first kappa shape index (κ1) is 24.5. The van der Waals surface area contributed by atoms with Gasteiger partial charge in [-0.2, -0.15) is 13.2 Å². The highest BCUT2D eigenvalue weighted by atomic mass is 35.5. The molecule has 0 saturated carbocycles. The average molecular weight is 494 g/mol. The summed E-state index contributed by atoms with van der Waals surface area (Å²) in [5.74, 6) is -2.21. The highest BCUT2D eigenvalue weighted by Gasteiger charge is 2.40. The third-order valence-corrected chi connectivity index (χ3v) is 4.61. The average Bonchev–Trinajstić information content (AvgIpc) is 2.78. The molecule has 0 atom stereocenters. The van der Waals surface area contributed by atoms with Gasteiger partial charge in [0.1, 0.15) is 22.4 Å². The summed E-state index contributed by atoms with van der Waals surface area (Å²) in [7, 11) is 0. The number of anilines is 2. The summed E-state index contributed by atoms with van der Waals surface area (Å²) in [6, 6.07) is 11.8. The number of para-hydroxylation sites is 1. The Morgan fingerprint density at radius 1 is 1.15 bits per heavy atom. The van der Waals surface area contributed by atoms with E-state index in [-0.39, 0.29) is 28.0 Å². The number of nitrogens with one attached hydrogen (secondary N) is 1. The number of ether oxygens (including phenoxy) is 1. The van der Waals surface area contributed by atoms with Gasteiger partial charge in [-0.05, 0) is 24.3 Å². The van der Waals surface area contributed by atoms with Crippen LogP contribution in [0.3, 0.4) is 0 Å². The molecule has 176 valence electrons. The van der Waals surface area contributed by atoms with Gasteiger partial charge in [0.15, 0.2) is 11.5 Å². The second kappa shape index (κ2) is 10.2. The van der Waals surface area contributed by atoms with Crippen LogP contribution in [-0.2, 0) is 4.79 Å². The number of pyridine rings is 1. The Morgan fingerprint density at radius 3 is 2.47 bits per heavy atom. The van der Waals surface area contributed by atoms with Gasteiger partial charge in [0.05, 0.1) is 16.9 Å². The molecule has 0 spiro atoms. The minimum Gasteiger partial charge on any atom is -0.455 e. The molecule has 0 fully saturated rings. The number of nitrogen functional groups attached to an aromatic ring is 1. The van der Waals surface area contributed by atoms with Crippen LogP contribution in [-0.4, -0.2) is 22.8 Å². The van der Waals surface area contributed by atoms with E-state index in [2.05, 4.69) is 15.3 Å². The van der Waals surface area contributed by atoms with Crippen LogP contribution in [0.4, 0.5) is 34.8 Å². The van der Waals surface area contributed by atoms with Crippen molar-refractivity contribution in [3.05, 3.63) is 83.4 Å². The molecule has 7 nitrogen and oxygen atoms in total. The lowest BCUT2D eigenvalue weighted by atomic mass is 10.1. The molecule has 0 unspecified atom stereocenters. The summed E-state index contributed by atoms with van der Waals surface area (Å²) in [5.41, 5.74) is 7.89. The van der Waals surface area contributed by atoms with Crippen molar-refractivity contribution in [3.8, 4) is 11.5 Å². The lowest BCUT2D eigenvalue weighted by molar-refractivity contribution is -0.113. The number of nitrogens with zero attached hydrogens (tertiary/aromatic N) is 2. The minimum atomic E-state index is -5.01. The number of hydrogen-bond donors (Lipinski definition) is 3. The predicted molar refractivity (Wildman–Crippen MR) is 121 cm³/mol. The predicted octanol–water partition coefficient (Wildman–Crippen LogP) is 5.36. The largest absolute Gasteiger partial charge is 0.455 e. The highest BCUT2D eigenvalue weighted by Crippen LogP contribution is 2.33. The summed E-state index contributed by atoms with van der Waals surface area (Å²) in [6.45, 7) is 0. The normalized spacial score (nSPS) is 12.4. The molecule has 0 bridgehead atoms. The number of carbonyl (C=O) groups is 1. The van der Waals surface area contributed by atoms with E-state index in [1.54, 1.807) is 6.07 Å². The second-order valence-corrected chi connectivity index (χ2v) is 6.96. The van der Waals surface area contributed by atoms with Gasteiger partial charge in [0.2, 0.25) is 0 Å². The fourth-order valence-electron chi connectivity index (χ4n) is 2.67. The number of amides is 1. The van der Waals surface area contributed by atoms with Crippen molar-refractivity contribution >= 4 is 40.4 Å². The number of nitrogens with two attached hydrogens (primary N) is 2. The van der Waals surface area contributed by atoms with Gasteiger partial charge in [-0.1, -0.05) is 29.8 Å². The van der Waals surface area contributed by atoms with Gasteiger partial charge in [-0.25, -0.2) is 14.4 Å². The maximum atomic E-state index is 14.6. The molecule has 0 aliphatic heterocycles. The van der Waals surface area contributed by atoms with Crippen LogP contribution >= 0.6 is 11.6 Å². The van der Waals surface area contributed by atoms with Gasteiger partial charge in [-0.3, -0.25) is 4.79 Å². The second-order valence-electron chi connectivity index (χ2n) is 6.58. The van der Waals surface area contributed by atoms with Gasteiger partial charge >= 0.3 is 6.18 Å². The number of carbonyl (C=O) groups excluding carboxylic acids is 1. The van der Waals surface area contributed by atoms with Crippen LogP contribution < -0.4 is 21.5 Å². The SMILES string of the molecule is NC=C(C(=O)Nc1ccc(Oc2ccnc(N)c2Cl)cc1F)C(=Nc1ccccc1)C(F)(F)F. The lowest BCUT2D eigenvalue weighted by Crippen LogP contribution is -2.32. The van der Waals surface area contributed by atoms with Gasteiger partial charge in [-0.15, -0.1) is 0 Å². The fraction of sp³-hybridized carbons (Fsp3) is 0.0455. The number of aliphatic imine (C=N–C) groups is 1. The Morgan fingerprint density at radius 2 is 1.85 bits per heavy atom. The number of hydrogen-bond acceptors (Lipinski definition) is 6. The van der Waals surface area contributed by atoms with E-state index in [4.69, 9.17) is 27.8 Å². The standard InChI is InChI=1S/C22H16ClF4N5O2/c23-18-17(8-9-30-20(18)29)34-13-6-7-16(15(24)10-13)32-21(33)14(11-28)19(22(25,26)27)31-12-4-2-1-3-5-12/h1-11H,28H2,(H2,29,30)(H,32,33). The van der Waals surface area contributed by atoms with Crippen LogP contribution in [0.5, 0.6) is 11.5 Å². The molecule has 1 heterocycles. The Balaban J connectivity index is 1.84. The van der Waals surface area contributed by atoms with Crippen molar-refractivity contribution < 1.29 is 27.1 Å². The minimum absolute atomic E-state index is 0.00209. The quantitative estimate of drug-likeness (QED) is 0.243. The highest BCUT2D eigenvalue weighted by molar-refractivity contribution is 6.34. The van der Waals surface area contributed by atoms with E-state index < -0.39 is 34.9 Å². The number of benzene rings is 2. The van der Waals surface area contributed by atoms with Crippen molar-refractivity contribution in [2.45, 2.75) is 6.18 Å². The zero-order valence-corrected chi connectivity index (χ0v) is 17.9. The van der Waals surface area contributed by atoms with Crippen LogP contribution in [0.2, 0.25) is 5.02 Å². The summed E-state index contributed by atoms with van der Waals surface area (Å²) < 4.78 is 60.9. The zero-order valence-electron chi connectivity index (χ0n) is 17.1. The number of alkyl halides is 3. The summed E-state index contributed by atoms with van der Waals surface area (Å²) in [4.78, 5) is 19.8. The van der Waals surface area contributed by atoms with E-state index >= 15 is 0 Å². The van der Waals surface area contributed by atoms with Crippen molar-refractivity contribution in [3.63, 3.8) is 0 Å². The van der Waals surface area contributed by atoms with Crippen molar-refractivity contribution in [1.29, 1.82) is 0 Å². The Hall–Kier alpha value is -4.12. The Labute approximate surface area is 195 Å². The smallest absolute Gasteiger partial charge is 0.434 e. The monoisotopic (exact) mass is 493 g/mol. The molecule has 3 aromatic rings. The summed E-state index contributed by atoms with van der Waals surface area (Å²) in [6.07, 6.45) is -3.23. The number of rotatable bonds is 6. The first-order valence-corrected chi connectivity index (χ1v) is 9.80. The molecule has 2 aromatic carbocycles. The molecule has 0 aliphatic rings. The molecular formula is C22H16ClF4N5O2. The van der Waals surface area contributed by atoms with Crippen LogP contribution in [0.1, 0.15) is 0 Å². The molecule has 0 aliphatic carbocycles. The molecule has 0 saturated heterocycles. The number of halogens is 5. The first-order chi connectivity index (χ1) is 16.1. The van der Waals surface area contributed by atoms with Crippen LogP contribution in [0.15, 0.2) is 77.6 Å². The van der Waals surface area contributed by atoms with E-state index in [0.717, 1.165) is 12.1 Å². The first-order valence-electron chi connectivity index (χ1n) is 9.42. The molecule has 1 amide bonds. The molecule has 3 rings (SSSR count). The van der Waals surface area contributed by atoms with Crippen LogP contribution in [0.25, 0.3) is 0 Å². The molecule has 1 aromatic heterocycles. The molecule has 12 heteroatoms. The lowest BCUT2D eigenvalue weighted by Gasteiger charge is -2.15. The van der Waals surface area contributed by atoms with Crippen molar-refractivity contribution in [1.82, 2.24) is 4.98 Å². The molecule has 34 heavy (non-hydrogen) atoms. The number of aromatic nitrogens is 1. The van der Waals surface area contributed by atoms with Gasteiger partial charge < -0.3 is 21.5 Å². The zero-order chi connectivity index (χ0) is 24.9. The van der Waals surface area contributed by atoms with Crippen molar-refractivity contribution in [2.24, 2.45) is 10.7 Å². The van der Waals surface area contributed by atoms with E-state index in [9.17, 15) is 22.4 Å². The Kier molecular flexibility index (Phi) is 7.37. The molecule has 0 radical (unpaired) electrons. The van der Waals surface area contributed by atoms with Crippen molar-refractivity contribution in [2.75, 3.05) is 11.1 Å². The fourth-order valence-corrected chi connectivity index (χ4v) is 2.82. The maximum Gasteiger partial charge on any atom is 0.434 e. The third kappa shape index (κ3) is 5.81. The third-order valence-electron chi connectivity index (χ3n) is 4.23. The molecule has 5 N–H and O–H groups in total. The van der Waals surface area contributed by atoms with Gasteiger partial charge in [0.25, 0.3) is 5.91 Å². The summed E-state index contributed by atoms with van der Waals surface area (Å²) >= 11 is 5.97. The van der Waals surface area contributed by atoms with Gasteiger partial charge in [0, 0.05) is 24.5 Å². The maximum absolute atomic E-state index is 14.6. The molecular weight excluding hydrogens is 478 g/mol. The topological polar surface area (TPSA) is 116 Å². The Bertz CT molecular complexity index is 1260.